The SMILES string of the molecule is CC(NC(=O)Cn1nc(-c2ccc(Cl)cc2)n(C2CC2)c1=O)c1cccc(N(C)C)c1. The maximum atomic E-state index is 13.0. The van der Waals surface area contributed by atoms with E-state index in [4.69, 9.17) is 11.6 Å². The Labute approximate surface area is 186 Å². The quantitative estimate of drug-likeness (QED) is 0.610. The highest BCUT2D eigenvalue weighted by Gasteiger charge is 2.30. The number of hydrogen-bond acceptors (Lipinski definition) is 4. The van der Waals surface area contributed by atoms with Gasteiger partial charge in [0.05, 0.1) is 6.04 Å². The highest BCUT2D eigenvalue weighted by Crippen LogP contribution is 2.36. The smallest absolute Gasteiger partial charge is 0.346 e. The fourth-order valence-corrected chi connectivity index (χ4v) is 3.69. The first-order valence-corrected chi connectivity index (χ1v) is 10.7. The minimum Gasteiger partial charge on any atom is -0.378 e. The summed E-state index contributed by atoms with van der Waals surface area (Å²) in [4.78, 5) is 27.7. The Kier molecular flexibility index (Phi) is 5.87. The lowest BCUT2D eigenvalue weighted by Crippen LogP contribution is -2.35. The molecule has 0 radical (unpaired) electrons. The normalized spacial score (nSPS) is 14.3. The summed E-state index contributed by atoms with van der Waals surface area (Å²) < 4.78 is 2.95. The summed E-state index contributed by atoms with van der Waals surface area (Å²) >= 11 is 6.00. The maximum Gasteiger partial charge on any atom is 0.346 e. The van der Waals surface area contributed by atoms with Gasteiger partial charge in [0.25, 0.3) is 0 Å². The van der Waals surface area contributed by atoms with Gasteiger partial charge in [-0.15, -0.1) is 5.10 Å². The Bertz CT molecular complexity index is 1150. The molecule has 162 valence electrons. The predicted molar refractivity (Wildman–Crippen MR) is 123 cm³/mol. The molecule has 0 spiro atoms. The van der Waals surface area contributed by atoms with Gasteiger partial charge in [-0.2, -0.15) is 0 Å². The molecule has 1 saturated carbocycles. The van der Waals surface area contributed by atoms with Gasteiger partial charge in [-0.25, -0.2) is 9.48 Å². The number of hydrogen-bond donors (Lipinski definition) is 1. The lowest BCUT2D eigenvalue weighted by atomic mass is 10.1. The van der Waals surface area contributed by atoms with E-state index in [2.05, 4.69) is 10.4 Å². The van der Waals surface area contributed by atoms with Gasteiger partial charge in [-0.3, -0.25) is 9.36 Å². The number of rotatable bonds is 7. The fourth-order valence-electron chi connectivity index (χ4n) is 3.56. The summed E-state index contributed by atoms with van der Waals surface area (Å²) in [6.45, 7) is 1.80. The monoisotopic (exact) mass is 439 g/mol. The van der Waals surface area contributed by atoms with E-state index in [0.29, 0.717) is 10.8 Å². The third-order valence-corrected chi connectivity index (χ3v) is 5.69. The zero-order valence-electron chi connectivity index (χ0n) is 17.9. The third kappa shape index (κ3) is 4.66. The average Bonchev–Trinajstić information content (AvgIpc) is 3.53. The number of nitrogens with one attached hydrogen (secondary N) is 1. The summed E-state index contributed by atoms with van der Waals surface area (Å²) in [6, 6.07) is 15.2. The van der Waals surface area contributed by atoms with E-state index < -0.39 is 0 Å². The first-order chi connectivity index (χ1) is 14.8. The summed E-state index contributed by atoms with van der Waals surface area (Å²) in [6.07, 6.45) is 1.88. The van der Waals surface area contributed by atoms with Crippen molar-refractivity contribution in [1.82, 2.24) is 19.7 Å². The van der Waals surface area contributed by atoms with Gasteiger partial charge in [0.1, 0.15) is 6.54 Å². The van der Waals surface area contributed by atoms with Crippen molar-refractivity contribution in [3.8, 4) is 11.4 Å². The van der Waals surface area contributed by atoms with Crippen molar-refractivity contribution in [2.75, 3.05) is 19.0 Å². The van der Waals surface area contributed by atoms with Crippen LogP contribution in [0.3, 0.4) is 0 Å². The standard InChI is InChI=1S/C23H26ClN5O2/c1-15(17-5-4-6-20(13-17)27(2)3)25-21(30)14-28-23(31)29(19-11-12-19)22(26-28)16-7-9-18(24)10-8-16/h4-10,13,15,19H,11-12,14H2,1-3H3,(H,25,30). The summed E-state index contributed by atoms with van der Waals surface area (Å²) in [7, 11) is 3.95. The average molecular weight is 440 g/mol. The lowest BCUT2D eigenvalue weighted by Gasteiger charge is -2.18. The van der Waals surface area contributed by atoms with Crippen LogP contribution in [-0.4, -0.2) is 34.4 Å². The number of carbonyl (C=O) groups excluding carboxylic acids is 1. The first kappa shape index (κ1) is 21.2. The summed E-state index contributed by atoms with van der Waals surface area (Å²) in [5.74, 6) is 0.316. The maximum absolute atomic E-state index is 13.0. The Morgan fingerprint density at radius 1 is 1.23 bits per heavy atom. The number of aromatic nitrogens is 3. The Hall–Kier alpha value is -3.06. The Morgan fingerprint density at radius 2 is 1.94 bits per heavy atom. The largest absolute Gasteiger partial charge is 0.378 e. The Balaban J connectivity index is 1.53. The van der Waals surface area contributed by atoms with Gasteiger partial charge in [0, 0.05) is 36.4 Å². The number of halogens is 1. The molecule has 2 aromatic carbocycles. The van der Waals surface area contributed by atoms with E-state index in [0.717, 1.165) is 29.7 Å². The van der Waals surface area contributed by atoms with E-state index >= 15 is 0 Å². The van der Waals surface area contributed by atoms with E-state index in [1.165, 1.54) is 4.68 Å². The van der Waals surface area contributed by atoms with Gasteiger partial charge >= 0.3 is 5.69 Å². The second-order valence-corrected chi connectivity index (χ2v) is 8.59. The van der Waals surface area contributed by atoms with E-state index in [-0.39, 0.29) is 30.2 Å². The minimum atomic E-state index is -0.259. The van der Waals surface area contributed by atoms with Crippen molar-refractivity contribution >= 4 is 23.2 Å². The van der Waals surface area contributed by atoms with Crippen LogP contribution in [0.25, 0.3) is 11.4 Å². The van der Waals surface area contributed by atoms with Crippen molar-refractivity contribution in [1.29, 1.82) is 0 Å². The van der Waals surface area contributed by atoms with Gasteiger partial charge in [0.15, 0.2) is 5.82 Å². The molecule has 8 heteroatoms. The topological polar surface area (TPSA) is 72.2 Å². The van der Waals surface area contributed by atoms with Crippen LogP contribution in [-0.2, 0) is 11.3 Å². The van der Waals surface area contributed by atoms with Crippen LogP contribution in [0.2, 0.25) is 5.02 Å². The second-order valence-electron chi connectivity index (χ2n) is 8.15. The Morgan fingerprint density at radius 3 is 2.58 bits per heavy atom. The van der Waals surface area contributed by atoms with E-state index in [9.17, 15) is 9.59 Å². The molecule has 1 aliphatic rings. The van der Waals surface area contributed by atoms with Crippen LogP contribution in [0, 0.1) is 0 Å². The molecule has 0 saturated heterocycles. The van der Waals surface area contributed by atoms with Crippen LogP contribution in [0.1, 0.15) is 37.4 Å². The van der Waals surface area contributed by atoms with Crippen LogP contribution in [0.4, 0.5) is 5.69 Å². The molecule has 0 bridgehead atoms. The molecular formula is C23H26ClN5O2. The number of benzene rings is 2. The third-order valence-electron chi connectivity index (χ3n) is 5.44. The molecule has 3 aromatic rings. The van der Waals surface area contributed by atoms with Gasteiger partial charge in [0.2, 0.25) is 5.91 Å². The zero-order chi connectivity index (χ0) is 22.1. The van der Waals surface area contributed by atoms with Crippen LogP contribution >= 0.6 is 11.6 Å². The van der Waals surface area contributed by atoms with E-state index in [1.54, 1.807) is 16.7 Å². The van der Waals surface area contributed by atoms with Crippen molar-refractivity contribution < 1.29 is 4.79 Å². The molecular weight excluding hydrogens is 414 g/mol. The van der Waals surface area contributed by atoms with Gasteiger partial charge < -0.3 is 10.2 Å². The van der Waals surface area contributed by atoms with Crippen LogP contribution < -0.4 is 15.9 Å². The highest BCUT2D eigenvalue weighted by molar-refractivity contribution is 6.30. The molecule has 1 fully saturated rings. The van der Waals surface area contributed by atoms with E-state index in [1.807, 2.05) is 62.3 Å². The highest BCUT2D eigenvalue weighted by atomic mass is 35.5. The number of amides is 1. The molecule has 0 aliphatic heterocycles. The molecule has 31 heavy (non-hydrogen) atoms. The summed E-state index contributed by atoms with van der Waals surface area (Å²) in [5.41, 5.74) is 2.61. The van der Waals surface area contributed by atoms with Crippen molar-refractivity contribution in [2.24, 2.45) is 0 Å². The predicted octanol–water partition coefficient (Wildman–Crippen LogP) is 3.64. The molecule has 1 heterocycles. The second kappa shape index (κ2) is 8.59. The van der Waals surface area contributed by atoms with Gasteiger partial charge in [-0.1, -0.05) is 23.7 Å². The van der Waals surface area contributed by atoms with Gasteiger partial charge in [-0.05, 0) is 61.7 Å². The first-order valence-electron chi connectivity index (χ1n) is 10.4. The molecule has 1 unspecified atom stereocenters. The van der Waals surface area contributed by atoms with Crippen molar-refractivity contribution in [3.63, 3.8) is 0 Å². The minimum absolute atomic E-state index is 0.128. The van der Waals surface area contributed by atoms with Crippen LogP contribution in [0.5, 0.6) is 0 Å². The lowest BCUT2D eigenvalue weighted by molar-refractivity contribution is -0.122. The number of carbonyl (C=O) groups is 1. The molecule has 1 atom stereocenters. The fraction of sp³-hybridized carbons (Fsp3) is 0.348. The van der Waals surface area contributed by atoms with Crippen LogP contribution in [0.15, 0.2) is 53.3 Å². The zero-order valence-corrected chi connectivity index (χ0v) is 18.6. The molecule has 4 rings (SSSR count). The van der Waals surface area contributed by atoms with Crippen molar-refractivity contribution in [2.45, 2.75) is 38.4 Å². The molecule has 1 aromatic heterocycles. The molecule has 1 amide bonds. The molecule has 1 N–H and O–H groups in total. The molecule has 1 aliphatic carbocycles. The summed E-state index contributed by atoms with van der Waals surface area (Å²) in [5, 5.41) is 8.08. The van der Waals surface area contributed by atoms with Crippen molar-refractivity contribution in [3.05, 3.63) is 69.6 Å². The number of anilines is 1. The number of nitrogens with zero attached hydrogens (tertiary/aromatic N) is 4. The molecule has 7 nitrogen and oxygen atoms in total.